The van der Waals surface area contributed by atoms with Gasteiger partial charge in [0.15, 0.2) is 11.5 Å². The standard InChI is InChI=1S/C20H21NO5/c1-23-16-4-3-13(10-18(16)24-2)21-19(22)11-15-14-6-8-25-17(14)9-12-5-7-26-20(12)15/h3-4,9-10H,5-8,11H2,1-2H3,(H,21,22). The van der Waals surface area contributed by atoms with Gasteiger partial charge < -0.3 is 24.3 Å². The number of carbonyl (C=O) groups is 1. The molecule has 2 aromatic carbocycles. The first kappa shape index (κ1) is 16.6. The normalized spacial score (nSPS) is 14.1. The molecule has 0 atom stereocenters. The highest BCUT2D eigenvalue weighted by atomic mass is 16.5. The Morgan fingerprint density at radius 2 is 1.88 bits per heavy atom. The van der Waals surface area contributed by atoms with Crippen molar-refractivity contribution in [1.29, 1.82) is 0 Å². The van der Waals surface area contributed by atoms with Crippen molar-refractivity contribution in [3.63, 3.8) is 0 Å². The van der Waals surface area contributed by atoms with Gasteiger partial charge in [0.2, 0.25) is 5.91 Å². The van der Waals surface area contributed by atoms with Crippen molar-refractivity contribution in [2.75, 3.05) is 32.8 Å². The van der Waals surface area contributed by atoms with E-state index in [0.29, 0.717) is 30.4 Å². The maximum atomic E-state index is 12.7. The average Bonchev–Trinajstić information content (AvgIpc) is 3.30. The molecule has 136 valence electrons. The van der Waals surface area contributed by atoms with Crippen LogP contribution >= 0.6 is 0 Å². The van der Waals surface area contributed by atoms with Crippen molar-refractivity contribution in [3.05, 3.63) is 41.0 Å². The number of nitrogens with one attached hydrogen (secondary N) is 1. The monoisotopic (exact) mass is 355 g/mol. The zero-order chi connectivity index (χ0) is 18.1. The minimum Gasteiger partial charge on any atom is -0.493 e. The molecular weight excluding hydrogens is 334 g/mol. The van der Waals surface area contributed by atoms with Gasteiger partial charge in [-0.3, -0.25) is 4.79 Å². The average molecular weight is 355 g/mol. The van der Waals surface area contributed by atoms with E-state index in [9.17, 15) is 4.79 Å². The number of benzene rings is 2. The summed E-state index contributed by atoms with van der Waals surface area (Å²) in [6.07, 6.45) is 1.92. The molecule has 1 N–H and O–H groups in total. The predicted octanol–water partition coefficient (Wildman–Crippen LogP) is 2.75. The Bertz CT molecular complexity index is 830. The van der Waals surface area contributed by atoms with Crippen LogP contribution < -0.4 is 24.3 Å². The Balaban J connectivity index is 1.56. The number of methoxy groups -OCH3 is 2. The van der Waals surface area contributed by atoms with E-state index in [1.54, 1.807) is 32.4 Å². The summed E-state index contributed by atoms with van der Waals surface area (Å²) in [5.74, 6) is 2.84. The van der Waals surface area contributed by atoms with Crippen LogP contribution in [-0.4, -0.2) is 33.3 Å². The SMILES string of the molecule is COc1ccc(NC(=O)Cc2c3c(cc4c2OCC4)OCC3)cc1OC. The first-order chi connectivity index (χ1) is 12.7. The molecule has 6 heteroatoms. The minimum atomic E-state index is -0.102. The van der Waals surface area contributed by atoms with E-state index in [1.165, 1.54) is 0 Å². The maximum Gasteiger partial charge on any atom is 0.228 e. The fraction of sp³-hybridized carbons (Fsp3) is 0.350. The van der Waals surface area contributed by atoms with E-state index in [4.69, 9.17) is 18.9 Å². The van der Waals surface area contributed by atoms with Crippen LogP contribution in [-0.2, 0) is 24.1 Å². The summed E-state index contributed by atoms with van der Waals surface area (Å²) in [4.78, 5) is 12.7. The molecule has 2 aliphatic rings. The van der Waals surface area contributed by atoms with Crippen LogP contribution in [0.25, 0.3) is 0 Å². The maximum absolute atomic E-state index is 12.7. The lowest BCUT2D eigenvalue weighted by molar-refractivity contribution is -0.115. The van der Waals surface area contributed by atoms with Crippen molar-refractivity contribution in [3.8, 4) is 23.0 Å². The molecule has 26 heavy (non-hydrogen) atoms. The lowest BCUT2D eigenvalue weighted by Gasteiger charge is -2.14. The van der Waals surface area contributed by atoms with Crippen LogP contribution in [0.2, 0.25) is 0 Å². The zero-order valence-electron chi connectivity index (χ0n) is 14.9. The predicted molar refractivity (Wildman–Crippen MR) is 96.7 cm³/mol. The number of amides is 1. The molecule has 0 fully saturated rings. The van der Waals surface area contributed by atoms with E-state index >= 15 is 0 Å². The molecule has 0 radical (unpaired) electrons. The van der Waals surface area contributed by atoms with Gasteiger partial charge in [-0.2, -0.15) is 0 Å². The van der Waals surface area contributed by atoms with Crippen LogP contribution in [0.3, 0.4) is 0 Å². The number of anilines is 1. The van der Waals surface area contributed by atoms with Gasteiger partial charge in [-0.1, -0.05) is 0 Å². The quantitative estimate of drug-likeness (QED) is 0.893. The van der Waals surface area contributed by atoms with Crippen LogP contribution in [0.1, 0.15) is 16.7 Å². The number of fused-ring (bicyclic) bond motifs is 2. The van der Waals surface area contributed by atoms with E-state index in [1.807, 2.05) is 0 Å². The molecule has 0 unspecified atom stereocenters. The van der Waals surface area contributed by atoms with Crippen molar-refractivity contribution in [1.82, 2.24) is 0 Å². The topological polar surface area (TPSA) is 66.0 Å². The highest BCUT2D eigenvalue weighted by molar-refractivity contribution is 5.93. The number of hydrogen-bond donors (Lipinski definition) is 1. The number of carbonyl (C=O) groups excluding carboxylic acids is 1. The van der Waals surface area contributed by atoms with Gasteiger partial charge in [0.25, 0.3) is 0 Å². The fourth-order valence-electron chi connectivity index (χ4n) is 3.55. The molecule has 4 rings (SSSR count). The van der Waals surface area contributed by atoms with E-state index in [-0.39, 0.29) is 12.3 Å². The summed E-state index contributed by atoms with van der Waals surface area (Å²) < 4.78 is 22.0. The summed E-state index contributed by atoms with van der Waals surface area (Å²) >= 11 is 0. The molecule has 1 amide bonds. The molecular formula is C20H21NO5. The van der Waals surface area contributed by atoms with E-state index in [0.717, 1.165) is 41.0 Å². The van der Waals surface area contributed by atoms with E-state index < -0.39 is 0 Å². The molecule has 0 spiro atoms. The van der Waals surface area contributed by atoms with Crippen LogP contribution in [0.4, 0.5) is 5.69 Å². The zero-order valence-corrected chi connectivity index (χ0v) is 14.9. The Hall–Kier alpha value is -2.89. The highest BCUT2D eigenvalue weighted by Gasteiger charge is 2.27. The van der Waals surface area contributed by atoms with Crippen molar-refractivity contribution < 1.29 is 23.7 Å². The molecule has 0 saturated heterocycles. The number of ether oxygens (including phenoxy) is 4. The molecule has 0 saturated carbocycles. The third-order valence-corrected chi connectivity index (χ3v) is 4.76. The smallest absolute Gasteiger partial charge is 0.228 e. The first-order valence-electron chi connectivity index (χ1n) is 8.64. The largest absolute Gasteiger partial charge is 0.493 e. The third-order valence-electron chi connectivity index (χ3n) is 4.76. The first-order valence-corrected chi connectivity index (χ1v) is 8.64. The Morgan fingerprint density at radius 3 is 2.69 bits per heavy atom. The minimum absolute atomic E-state index is 0.102. The second-order valence-corrected chi connectivity index (χ2v) is 6.31. The molecule has 6 nitrogen and oxygen atoms in total. The van der Waals surface area contributed by atoms with Gasteiger partial charge in [-0.05, 0) is 18.2 Å². The van der Waals surface area contributed by atoms with Crippen LogP contribution in [0.15, 0.2) is 24.3 Å². The Labute approximate surface area is 152 Å². The lowest BCUT2D eigenvalue weighted by atomic mass is 9.97. The summed E-state index contributed by atoms with van der Waals surface area (Å²) in [5.41, 5.74) is 3.83. The van der Waals surface area contributed by atoms with Crippen LogP contribution in [0.5, 0.6) is 23.0 Å². The molecule has 0 bridgehead atoms. The van der Waals surface area contributed by atoms with Gasteiger partial charge in [0, 0.05) is 41.3 Å². The number of hydrogen-bond acceptors (Lipinski definition) is 5. The second kappa shape index (κ2) is 6.78. The highest BCUT2D eigenvalue weighted by Crippen LogP contribution is 2.41. The lowest BCUT2D eigenvalue weighted by Crippen LogP contribution is -2.16. The molecule has 0 aliphatic carbocycles. The van der Waals surface area contributed by atoms with Gasteiger partial charge in [0.1, 0.15) is 11.5 Å². The summed E-state index contributed by atoms with van der Waals surface area (Å²) in [7, 11) is 3.14. The van der Waals surface area contributed by atoms with Crippen molar-refractivity contribution >= 4 is 11.6 Å². The van der Waals surface area contributed by atoms with Gasteiger partial charge in [-0.15, -0.1) is 0 Å². The molecule has 2 aromatic rings. The number of rotatable bonds is 5. The van der Waals surface area contributed by atoms with E-state index in [2.05, 4.69) is 11.4 Å². The van der Waals surface area contributed by atoms with Crippen molar-refractivity contribution in [2.24, 2.45) is 0 Å². The summed E-state index contributed by atoms with van der Waals surface area (Å²) in [6.45, 7) is 1.31. The molecule has 2 heterocycles. The van der Waals surface area contributed by atoms with Gasteiger partial charge in [-0.25, -0.2) is 0 Å². The molecule has 2 aliphatic heterocycles. The second-order valence-electron chi connectivity index (χ2n) is 6.31. The summed E-state index contributed by atoms with van der Waals surface area (Å²) in [5, 5.41) is 2.93. The fourth-order valence-corrected chi connectivity index (χ4v) is 3.55. The molecule has 0 aromatic heterocycles. The summed E-state index contributed by atoms with van der Waals surface area (Å²) in [6, 6.07) is 7.36. The Kier molecular flexibility index (Phi) is 4.32. The van der Waals surface area contributed by atoms with Gasteiger partial charge >= 0.3 is 0 Å². The third kappa shape index (κ3) is 2.92. The van der Waals surface area contributed by atoms with Crippen LogP contribution in [0, 0.1) is 0 Å². The van der Waals surface area contributed by atoms with Crippen molar-refractivity contribution in [2.45, 2.75) is 19.3 Å². The van der Waals surface area contributed by atoms with Gasteiger partial charge in [0.05, 0.1) is 33.9 Å². The Morgan fingerprint density at radius 1 is 1.08 bits per heavy atom.